The Hall–Kier alpha value is -3.12. The van der Waals surface area contributed by atoms with Crippen molar-refractivity contribution in [2.24, 2.45) is 0 Å². The molecule has 0 bridgehead atoms. The van der Waals surface area contributed by atoms with Crippen molar-refractivity contribution >= 4 is 23.3 Å². The minimum absolute atomic E-state index is 0.298. The first-order chi connectivity index (χ1) is 13.9. The van der Waals surface area contributed by atoms with Crippen molar-refractivity contribution in [3.05, 3.63) is 70.5 Å². The van der Waals surface area contributed by atoms with E-state index in [0.717, 1.165) is 22.6 Å². The molecule has 0 saturated carbocycles. The van der Waals surface area contributed by atoms with Crippen molar-refractivity contribution < 1.29 is 14.3 Å². The monoisotopic (exact) mass is 413 g/mol. The third kappa shape index (κ3) is 4.66. The van der Waals surface area contributed by atoms with E-state index in [1.807, 2.05) is 38.1 Å². The fourth-order valence-electron chi connectivity index (χ4n) is 3.26. The van der Waals surface area contributed by atoms with Gasteiger partial charge in [-0.15, -0.1) is 0 Å². The molecule has 152 valence electrons. The number of amides is 2. The van der Waals surface area contributed by atoms with Crippen LogP contribution in [0.1, 0.15) is 17.0 Å². The van der Waals surface area contributed by atoms with Gasteiger partial charge in [0.15, 0.2) is 11.5 Å². The van der Waals surface area contributed by atoms with E-state index in [1.54, 1.807) is 32.4 Å². The van der Waals surface area contributed by atoms with Crippen LogP contribution >= 0.6 is 11.6 Å². The second kappa shape index (κ2) is 8.92. The van der Waals surface area contributed by atoms with Crippen LogP contribution in [0.15, 0.2) is 48.5 Å². The summed E-state index contributed by atoms with van der Waals surface area (Å²) in [7, 11) is 3.12. The van der Waals surface area contributed by atoms with Gasteiger partial charge in [0.05, 0.1) is 14.2 Å². The number of methoxy groups -OCH3 is 2. The van der Waals surface area contributed by atoms with E-state index in [2.05, 4.69) is 21.3 Å². The molecule has 3 aromatic rings. The lowest BCUT2D eigenvalue weighted by atomic mass is 10.2. The molecule has 0 saturated heterocycles. The van der Waals surface area contributed by atoms with Gasteiger partial charge in [0.25, 0.3) is 0 Å². The summed E-state index contributed by atoms with van der Waals surface area (Å²) in [6, 6.07) is 14.7. The standard InChI is InChI=1S/C22H24ClN3O3/c1-14-11-16(15(2)26(14)19-8-5-17(23)6-9-19)13-24-22(27)25-18-7-10-20(28-3)21(12-18)29-4/h5-12H,13H2,1-4H3,(H2,24,25,27). The number of ether oxygens (including phenoxy) is 2. The Morgan fingerprint density at radius 2 is 1.69 bits per heavy atom. The van der Waals surface area contributed by atoms with Crippen LogP contribution in [-0.2, 0) is 6.54 Å². The van der Waals surface area contributed by atoms with Gasteiger partial charge in [0.2, 0.25) is 0 Å². The number of hydrogen-bond donors (Lipinski definition) is 2. The molecule has 6 nitrogen and oxygen atoms in total. The largest absolute Gasteiger partial charge is 0.493 e. The zero-order valence-electron chi connectivity index (χ0n) is 16.9. The van der Waals surface area contributed by atoms with E-state index in [0.29, 0.717) is 28.8 Å². The lowest BCUT2D eigenvalue weighted by Crippen LogP contribution is -2.28. The van der Waals surface area contributed by atoms with Crippen LogP contribution in [0.2, 0.25) is 5.02 Å². The molecule has 0 unspecified atom stereocenters. The molecule has 0 aliphatic rings. The zero-order valence-corrected chi connectivity index (χ0v) is 17.6. The Balaban J connectivity index is 1.68. The predicted octanol–water partition coefficient (Wildman–Crippen LogP) is 5.09. The molecule has 29 heavy (non-hydrogen) atoms. The highest BCUT2D eigenvalue weighted by Crippen LogP contribution is 2.29. The first kappa shape index (κ1) is 20.6. The summed E-state index contributed by atoms with van der Waals surface area (Å²) in [6.45, 7) is 4.48. The van der Waals surface area contributed by atoms with E-state index in [4.69, 9.17) is 21.1 Å². The van der Waals surface area contributed by atoms with E-state index >= 15 is 0 Å². The molecule has 7 heteroatoms. The number of carbonyl (C=O) groups excluding carboxylic acids is 1. The molecule has 0 aliphatic heterocycles. The van der Waals surface area contributed by atoms with E-state index in [1.165, 1.54) is 0 Å². The SMILES string of the molecule is COc1ccc(NC(=O)NCc2cc(C)n(-c3ccc(Cl)cc3)c2C)cc1OC. The Morgan fingerprint density at radius 3 is 2.34 bits per heavy atom. The van der Waals surface area contributed by atoms with Gasteiger partial charge >= 0.3 is 6.03 Å². The van der Waals surface area contributed by atoms with Crippen LogP contribution < -0.4 is 20.1 Å². The fraction of sp³-hybridized carbons (Fsp3) is 0.227. The Labute approximate surface area is 175 Å². The smallest absolute Gasteiger partial charge is 0.319 e. The zero-order chi connectivity index (χ0) is 21.0. The summed E-state index contributed by atoms with van der Waals surface area (Å²) in [5, 5.41) is 6.41. The molecule has 2 aromatic carbocycles. The minimum Gasteiger partial charge on any atom is -0.493 e. The average molecular weight is 414 g/mol. The molecule has 0 spiro atoms. The van der Waals surface area contributed by atoms with Gasteiger partial charge in [-0.3, -0.25) is 0 Å². The van der Waals surface area contributed by atoms with Gasteiger partial charge < -0.3 is 24.7 Å². The molecule has 3 rings (SSSR count). The first-order valence-corrected chi connectivity index (χ1v) is 9.51. The number of nitrogens with one attached hydrogen (secondary N) is 2. The van der Waals surface area contributed by atoms with E-state index < -0.39 is 0 Å². The fourth-order valence-corrected chi connectivity index (χ4v) is 3.39. The molecule has 0 radical (unpaired) electrons. The highest BCUT2D eigenvalue weighted by atomic mass is 35.5. The van der Waals surface area contributed by atoms with Crippen molar-refractivity contribution in [3.63, 3.8) is 0 Å². The molecule has 0 fully saturated rings. The Morgan fingerprint density at radius 1 is 1.00 bits per heavy atom. The van der Waals surface area contributed by atoms with Gasteiger partial charge in [0, 0.05) is 40.4 Å². The number of anilines is 1. The highest BCUT2D eigenvalue weighted by molar-refractivity contribution is 6.30. The van der Waals surface area contributed by atoms with E-state index in [-0.39, 0.29) is 6.03 Å². The van der Waals surface area contributed by atoms with Crippen molar-refractivity contribution in [1.82, 2.24) is 9.88 Å². The maximum Gasteiger partial charge on any atom is 0.319 e. The second-order valence-electron chi connectivity index (χ2n) is 6.59. The summed E-state index contributed by atoms with van der Waals surface area (Å²) in [5.74, 6) is 1.16. The Bertz CT molecular complexity index is 1010. The van der Waals surface area contributed by atoms with Gasteiger partial charge in [-0.25, -0.2) is 4.79 Å². The van der Waals surface area contributed by atoms with Crippen molar-refractivity contribution in [2.45, 2.75) is 20.4 Å². The van der Waals surface area contributed by atoms with Crippen molar-refractivity contribution in [1.29, 1.82) is 0 Å². The highest BCUT2D eigenvalue weighted by Gasteiger charge is 2.12. The Kier molecular flexibility index (Phi) is 6.34. The lowest BCUT2D eigenvalue weighted by Gasteiger charge is -2.12. The third-order valence-corrected chi connectivity index (χ3v) is 4.95. The number of benzene rings is 2. The topological polar surface area (TPSA) is 64.5 Å². The van der Waals surface area contributed by atoms with Crippen LogP contribution in [0.25, 0.3) is 5.69 Å². The number of hydrogen-bond acceptors (Lipinski definition) is 3. The number of nitrogens with zero attached hydrogens (tertiary/aromatic N) is 1. The number of carbonyl (C=O) groups is 1. The molecule has 0 aliphatic carbocycles. The quantitative estimate of drug-likeness (QED) is 0.591. The molecule has 1 aromatic heterocycles. The number of halogens is 1. The maximum absolute atomic E-state index is 12.3. The van der Waals surface area contributed by atoms with Crippen LogP contribution in [0, 0.1) is 13.8 Å². The number of aryl methyl sites for hydroxylation is 1. The third-order valence-electron chi connectivity index (χ3n) is 4.70. The van der Waals surface area contributed by atoms with Crippen LogP contribution in [0.5, 0.6) is 11.5 Å². The average Bonchev–Trinajstić information content (AvgIpc) is 3.00. The summed E-state index contributed by atoms with van der Waals surface area (Å²) in [5.41, 5.74) is 4.84. The molecule has 1 heterocycles. The van der Waals surface area contributed by atoms with Gasteiger partial charge in [-0.05, 0) is 61.9 Å². The number of rotatable bonds is 6. The first-order valence-electron chi connectivity index (χ1n) is 9.13. The van der Waals surface area contributed by atoms with E-state index in [9.17, 15) is 4.79 Å². The van der Waals surface area contributed by atoms with Gasteiger partial charge in [0.1, 0.15) is 0 Å². The summed E-state index contributed by atoms with van der Waals surface area (Å²) in [4.78, 5) is 12.3. The van der Waals surface area contributed by atoms with Crippen molar-refractivity contribution in [3.8, 4) is 17.2 Å². The molecule has 2 amide bonds. The minimum atomic E-state index is -0.298. The molecule has 0 atom stereocenters. The maximum atomic E-state index is 12.3. The normalized spacial score (nSPS) is 10.5. The lowest BCUT2D eigenvalue weighted by molar-refractivity contribution is 0.251. The summed E-state index contributed by atoms with van der Waals surface area (Å²) in [6.07, 6.45) is 0. The van der Waals surface area contributed by atoms with Crippen LogP contribution in [0.4, 0.5) is 10.5 Å². The number of urea groups is 1. The summed E-state index contributed by atoms with van der Waals surface area (Å²) < 4.78 is 12.6. The van der Waals surface area contributed by atoms with Crippen LogP contribution in [0.3, 0.4) is 0 Å². The molecular weight excluding hydrogens is 390 g/mol. The van der Waals surface area contributed by atoms with Crippen LogP contribution in [-0.4, -0.2) is 24.8 Å². The second-order valence-corrected chi connectivity index (χ2v) is 7.02. The van der Waals surface area contributed by atoms with Gasteiger partial charge in [-0.1, -0.05) is 11.6 Å². The van der Waals surface area contributed by atoms with Crippen molar-refractivity contribution in [2.75, 3.05) is 19.5 Å². The summed E-state index contributed by atoms with van der Waals surface area (Å²) >= 11 is 5.99. The molecular formula is C22H24ClN3O3. The number of aromatic nitrogens is 1. The predicted molar refractivity (Wildman–Crippen MR) is 116 cm³/mol. The van der Waals surface area contributed by atoms with Gasteiger partial charge in [-0.2, -0.15) is 0 Å². The molecule has 2 N–H and O–H groups in total.